The number of rotatable bonds is 10. The summed E-state index contributed by atoms with van der Waals surface area (Å²) in [5.41, 5.74) is 0.729. The molecule has 3 fully saturated rings. The number of nitrogens with zero attached hydrogens (tertiary/aromatic N) is 2. The predicted octanol–water partition coefficient (Wildman–Crippen LogP) is 4.67. The van der Waals surface area contributed by atoms with E-state index < -0.39 is 28.7 Å². The van der Waals surface area contributed by atoms with Gasteiger partial charge in [0, 0.05) is 17.5 Å². The Bertz CT molecular complexity index is 1310. The zero-order chi connectivity index (χ0) is 28.8. The third-order valence-electron chi connectivity index (χ3n) is 8.95. The van der Waals surface area contributed by atoms with Gasteiger partial charge in [-0.3, -0.25) is 14.4 Å². The van der Waals surface area contributed by atoms with Crippen molar-refractivity contribution in [1.82, 2.24) is 4.90 Å². The number of ether oxygens (including phenoxy) is 1. The Morgan fingerprint density at radius 1 is 1.25 bits per heavy atom. The highest BCUT2D eigenvalue weighted by Crippen LogP contribution is 2.69. The van der Waals surface area contributed by atoms with Crippen molar-refractivity contribution in [2.24, 2.45) is 23.7 Å². The van der Waals surface area contributed by atoms with Crippen LogP contribution in [-0.4, -0.2) is 69.6 Å². The standard InChI is InChI=1S/C32H40N2O5S/c1-6-14-33(23-13-12-21-10-8-9-11-22(21)17-23)30(37)28-32-20(5)16-25(40-32)26(31(38)39-7-2)27(32)29(36)34(28)24(18-35)15-19(3)4/h6,8-13,17,19-20,24-28,35H,1,7,14-16,18H2,2-5H3/t20?,24-,25-,26+,27+,28?,32?/m1/s1. The SMILES string of the molecule is C=CCN(C(=O)C1N([C@@H](CO)CC(C)C)C(=O)[C@@H]2[C@@H](C(=O)OCC)[C@H]3CC(C)C12S3)c1ccc2ccccc2c1. The Balaban J connectivity index is 1.64. The molecule has 3 saturated heterocycles. The third-order valence-corrected chi connectivity index (χ3v) is 11.0. The van der Waals surface area contributed by atoms with Gasteiger partial charge in [-0.25, -0.2) is 0 Å². The number of benzene rings is 2. The number of esters is 1. The summed E-state index contributed by atoms with van der Waals surface area (Å²) in [5, 5.41) is 12.6. The minimum atomic E-state index is -0.822. The molecule has 2 aromatic rings. The molecule has 3 heterocycles. The second-order valence-electron chi connectivity index (χ2n) is 11.8. The number of aliphatic hydroxyl groups is 1. The molecular weight excluding hydrogens is 524 g/mol. The normalized spacial score (nSPS) is 29.6. The van der Waals surface area contributed by atoms with Crippen LogP contribution < -0.4 is 4.90 Å². The lowest BCUT2D eigenvalue weighted by atomic mass is 9.66. The molecule has 0 aromatic heterocycles. The summed E-state index contributed by atoms with van der Waals surface area (Å²) in [7, 11) is 0. The van der Waals surface area contributed by atoms with Gasteiger partial charge < -0.3 is 19.6 Å². The van der Waals surface area contributed by atoms with Crippen LogP contribution in [-0.2, 0) is 19.1 Å². The minimum Gasteiger partial charge on any atom is -0.466 e. The summed E-state index contributed by atoms with van der Waals surface area (Å²) >= 11 is 1.63. The summed E-state index contributed by atoms with van der Waals surface area (Å²) in [6.07, 6.45) is 2.99. The van der Waals surface area contributed by atoms with Crippen LogP contribution in [0, 0.1) is 23.7 Å². The maximum atomic E-state index is 14.9. The highest BCUT2D eigenvalue weighted by atomic mass is 32.2. The summed E-state index contributed by atoms with van der Waals surface area (Å²) in [5.74, 6) is -1.80. The molecule has 8 heteroatoms. The minimum absolute atomic E-state index is 0.0293. The topological polar surface area (TPSA) is 87.2 Å². The van der Waals surface area contributed by atoms with Crippen LogP contribution in [0.3, 0.4) is 0 Å². The van der Waals surface area contributed by atoms with Crippen LogP contribution in [0.2, 0.25) is 0 Å². The first-order valence-electron chi connectivity index (χ1n) is 14.4. The van der Waals surface area contributed by atoms with Crippen molar-refractivity contribution in [3.05, 3.63) is 55.1 Å². The molecule has 2 amide bonds. The smallest absolute Gasteiger partial charge is 0.310 e. The van der Waals surface area contributed by atoms with E-state index in [-0.39, 0.29) is 54.6 Å². The molecule has 1 N–H and O–H groups in total. The molecule has 2 bridgehead atoms. The van der Waals surface area contributed by atoms with Crippen LogP contribution >= 0.6 is 11.8 Å². The zero-order valence-electron chi connectivity index (χ0n) is 23.8. The Kier molecular flexibility index (Phi) is 8.03. The Morgan fingerprint density at radius 3 is 2.62 bits per heavy atom. The lowest BCUT2D eigenvalue weighted by molar-refractivity contribution is -0.154. The number of thioether (sulfide) groups is 1. The number of likely N-dealkylation sites (tertiary alicyclic amines) is 1. The second-order valence-corrected chi connectivity index (χ2v) is 13.3. The second kappa shape index (κ2) is 11.2. The Labute approximate surface area is 240 Å². The first kappa shape index (κ1) is 28.7. The van der Waals surface area contributed by atoms with Crippen molar-refractivity contribution in [3.8, 4) is 0 Å². The summed E-state index contributed by atoms with van der Waals surface area (Å²) in [6, 6.07) is 12.6. The van der Waals surface area contributed by atoms with Crippen molar-refractivity contribution in [2.45, 2.75) is 62.6 Å². The van der Waals surface area contributed by atoms with E-state index in [1.54, 1.807) is 34.6 Å². The molecule has 5 rings (SSSR count). The van der Waals surface area contributed by atoms with Gasteiger partial charge in [0.2, 0.25) is 5.91 Å². The van der Waals surface area contributed by atoms with Crippen LogP contribution in [0.1, 0.15) is 40.5 Å². The van der Waals surface area contributed by atoms with Crippen LogP contribution in [0.25, 0.3) is 10.8 Å². The lowest BCUT2D eigenvalue weighted by Crippen LogP contribution is -2.59. The van der Waals surface area contributed by atoms with E-state index in [1.807, 2.05) is 56.3 Å². The fraction of sp³-hybridized carbons (Fsp3) is 0.531. The molecule has 7 nitrogen and oxygen atoms in total. The largest absolute Gasteiger partial charge is 0.466 e. The average molecular weight is 565 g/mol. The summed E-state index contributed by atoms with van der Waals surface area (Å²) < 4.78 is 4.68. The number of hydrogen-bond donors (Lipinski definition) is 1. The first-order chi connectivity index (χ1) is 19.2. The molecule has 0 aliphatic carbocycles. The van der Waals surface area contributed by atoms with Gasteiger partial charge in [0.25, 0.3) is 5.91 Å². The molecule has 3 aliphatic rings. The number of carbonyl (C=O) groups excluding carboxylic acids is 3. The van der Waals surface area contributed by atoms with Crippen molar-refractivity contribution in [3.63, 3.8) is 0 Å². The van der Waals surface area contributed by atoms with Crippen LogP contribution in [0.5, 0.6) is 0 Å². The summed E-state index contributed by atoms with van der Waals surface area (Å²) in [4.78, 5) is 45.9. The van der Waals surface area contributed by atoms with Gasteiger partial charge in [0.15, 0.2) is 0 Å². The van der Waals surface area contributed by atoms with Gasteiger partial charge >= 0.3 is 5.97 Å². The maximum Gasteiger partial charge on any atom is 0.310 e. The van der Waals surface area contributed by atoms with Gasteiger partial charge in [-0.2, -0.15) is 0 Å². The number of carbonyl (C=O) groups is 3. The number of amides is 2. The quantitative estimate of drug-likeness (QED) is 0.334. The van der Waals surface area contributed by atoms with Crippen molar-refractivity contribution in [1.29, 1.82) is 0 Å². The number of hydrogen-bond acceptors (Lipinski definition) is 6. The third kappa shape index (κ3) is 4.44. The first-order valence-corrected chi connectivity index (χ1v) is 15.3. The summed E-state index contributed by atoms with van der Waals surface area (Å²) in [6.45, 7) is 12.1. The Morgan fingerprint density at radius 2 is 1.98 bits per heavy atom. The number of aliphatic hydroxyl groups excluding tert-OH is 1. The monoisotopic (exact) mass is 564 g/mol. The molecule has 3 unspecified atom stereocenters. The molecule has 3 aliphatic heterocycles. The fourth-order valence-electron chi connectivity index (χ4n) is 7.40. The molecule has 2 aromatic carbocycles. The van der Waals surface area contributed by atoms with E-state index >= 15 is 0 Å². The Hall–Kier alpha value is -2.84. The molecular formula is C32H40N2O5S. The number of fused-ring (bicyclic) bond motifs is 2. The van der Waals surface area contributed by atoms with Gasteiger partial charge in [0.05, 0.1) is 35.8 Å². The van der Waals surface area contributed by atoms with Crippen molar-refractivity contribution >= 4 is 46.0 Å². The van der Waals surface area contributed by atoms with Crippen molar-refractivity contribution < 1.29 is 24.2 Å². The van der Waals surface area contributed by atoms with E-state index in [0.717, 1.165) is 22.9 Å². The molecule has 1 spiro atoms. The van der Waals surface area contributed by atoms with E-state index in [9.17, 15) is 19.5 Å². The fourth-order valence-corrected chi connectivity index (χ4v) is 9.79. The van der Waals surface area contributed by atoms with E-state index in [0.29, 0.717) is 6.42 Å². The lowest BCUT2D eigenvalue weighted by Gasteiger charge is -2.42. The van der Waals surface area contributed by atoms with Gasteiger partial charge in [-0.1, -0.05) is 57.2 Å². The van der Waals surface area contributed by atoms with Gasteiger partial charge in [-0.15, -0.1) is 18.3 Å². The maximum absolute atomic E-state index is 14.9. The van der Waals surface area contributed by atoms with E-state index in [2.05, 4.69) is 13.5 Å². The van der Waals surface area contributed by atoms with Gasteiger partial charge in [0.1, 0.15) is 6.04 Å². The van der Waals surface area contributed by atoms with Crippen LogP contribution in [0.4, 0.5) is 5.69 Å². The zero-order valence-corrected chi connectivity index (χ0v) is 24.6. The highest BCUT2D eigenvalue weighted by Gasteiger charge is 2.77. The average Bonchev–Trinajstić information content (AvgIpc) is 3.53. The molecule has 214 valence electrons. The van der Waals surface area contributed by atoms with E-state index in [4.69, 9.17) is 4.74 Å². The van der Waals surface area contributed by atoms with Crippen LogP contribution in [0.15, 0.2) is 55.1 Å². The molecule has 0 radical (unpaired) electrons. The molecule has 7 atom stereocenters. The number of anilines is 1. The molecule has 0 saturated carbocycles. The highest BCUT2D eigenvalue weighted by molar-refractivity contribution is 8.02. The molecule has 40 heavy (non-hydrogen) atoms. The van der Waals surface area contributed by atoms with Crippen molar-refractivity contribution in [2.75, 3.05) is 24.7 Å². The van der Waals surface area contributed by atoms with E-state index in [1.165, 1.54) is 0 Å². The van der Waals surface area contributed by atoms with Gasteiger partial charge in [-0.05, 0) is 54.5 Å². The predicted molar refractivity (Wildman–Crippen MR) is 159 cm³/mol.